The van der Waals surface area contributed by atoms with Crippen LogP contribution >= 0.6 is 0 Å². The van der Waals surface area contributed by atoms with Gasteiger partial charge in [0.25, 0.3) is 5.91 Å². The van der Waals surface area contributed by atoms with Crippen LogP contribution in [0.15, 0.2) is 65.5 Å². The molecule has 0 spiro atoms. The summed E-state index contributed by atoms with van der Waals surface area (Å²) in [6.07, 6.45) is 6.01. The van der Waals surface area contributed by atoms with Gasteiger partial charge in [-0.05, 0) is 24.1 Å². The normalized spacial score (nSPS) is 10.5. The Morgan fingerprint density at radius 2 is 2.05 bits per heavy atom. The van der Waals surface area contributed by atoms with E-state index in [1.807, 2.05) is 53.3 Å². The molecule has 1 aromatic carbocycles. The number of benzene rings is 1. The molecule has 0 bridgehead atoms. The van der Waals surface area contributed by atoms with Crippen LogP contribution in [0, 0.1) is 0 Å². The highest BCUT2D eigenvalue weighted by Gasteiger charge is 2.15. The zero-order valence-electron chi connectivity index (χ0n) is 12.1. The van der Waals surface area contributed by atoms with Crippen molar-refractivity contribution in [1.82, 2.24) is 15.1 Å². The summed E-state index contributed by atoms with van der Waals surface area (Å²) in [6.45, 7) is 1.35. The van der Waals surface area contributed by atoms with E-state index in [1.165, 1.54) is 0 Å². The molecule has 2 heterocycles. The van der Waals surface area contributed by atoms with Crippen molar-refractivity contribution in [3.8, 4) is 11.1 Å². The standard InChI is InChI=1S/C17H17N3O2/c21-17(18-9-4-11-20-12-5-10-19-20)16-15(8-13-22-16)14-6-2-1-3-7-14/h1-3,5-8,10,12-13H,4,9,11H2,(H,18,21). The molecular weight excluding hydrogens is 278 g/mol. The molecule has 0 fully saturated rings. The molecule has 112 valence electrons. The lowest BCUT2D eigenvalue weighted by Gasteiger charge is -2.06. The number of hydrogen-bond donors (Lipinski definition) is 1. The summed E-state index contributed by atoms with van der Waals surface area (Å²) in [5, 5.41) is 7.01. The quantitative estimate of drug-likeness (QED) is 0.711. The van der Waals surface area contributed by atoms with Crippen molar-refractivity contribution in [2.24, 2.45) is 0 Å². The lowest BCUT2D eigenvalue weighted by atomic mass is 10.1. The molecule has 5 nitrogen and oxygen atoms in total. The van der Waals surface area contributed by atoms with Crippen molar-refractivity contribution in [2.45, 2.75) is 13.0 Å². The van der Waals surface area contributed by atoms with E-state index < -0.39 is 0 Å². The lowest BCUT2D eigenvalue weighted by Crippen LogP contribution is -2.25. The molecule has 0 unspecified atom stereocenters. The fraction of sp³-hybridized carbons (Fsp3) is 0.176. The minimum Gasteiger partial charge on any atom is -0.459 e. The number of rotatable bonds is 6. The van der Waals surface area contributed by atoms with Crippen molar-refractivity contribution in [2.75, 3.05) is 6.54 Å². The number of aryl methyl sites for hydroxylation is 1. The predicted octanol–water partition coefficient (Wildman–Crippen LogP) is 2.96. The number of carbonyl (C=O) groups excluding carboxylic acids is 1. The molecule has 0 saturated carbocycles. The first-order chi connectivity index (χ1) is 10.8. The number of carbonyl (C=O) groups is 1. The molecule has 3 rings (SSSR count). The summed E-state index contributed by atoms with van der Waals surface area (Å²) in [5.74, 6) is 0.162. The van der Waals surface area contributed by atoms with E-state index in [9.17, 15) is 4.79 Å². The summed E-state index contributed by atoms with van der Waals surface area (Å²) in [5.41, 5.74) is 1.78. The molecule has 0 saturated heterocycles. The number of hydrogen-bond acceptors (Lipinski definition) is 3. The first-order valence-corrected chi connectivity index (χ1v) is 7.23. The largest absolute Gasteiger partial charge is 0.459 e. The van der Waals surface area contributed by atoms with Crippen molar-refractivity contribution < 1.29 is 9.21 Å². The van der Waals surface area contributed by atoms with Gasteiger partial charge >= 0.3 is 0 Å². The zero-order valence-corrected chi connectivity index (χ0v) is 12.1. The molecule has 2 aromatic heterocycles. The van der Waals surface area contributed by atoms with Crippen LogP contribution in [0.4, 0.5) is 0 Å². The summed E-state index contributed by atoms with van der Waals surface area (Å²) < 4.78 is 7.20. The van der Waals surface area contributed by atoms with Crippen LogP contribution in [0.5, 0.6) is 0 Å². The molecule has 22 heavy (non-hydrogen) atoms. The van der Waals surface area contributed by atoms with E-state index in [2.05, 4.69) is 10.4 Å². The van der Waals surface area contributed by atoms with Gasteiger partial charge in [-0.25, -0.2) is 0 Å². The first-order valence-electron chi connectivity index (χ1n) is 7.23. The van der Waals surface area contributed by atoms with Crippen LogP contribution in [0.1, 0.15) is 17.0 Å². The number of amides is 1. The van der Waals surface area contributed by atoms with Crippen LogP contribution in [0.2, 0.25) is 0 Å². The minimum atomic E-state index is -0.190. The fourth-order valence-electron chi connectivity index (χ4n) is 2.29. The Hall–Kier alpha value is -2.82. The predicted molar refractivity (Wildman–Crippen MR) is 83.3 cm³/mol. The van der Waals surface area contributed by atoms with Crippen LogP contribution < -0.4 is 5.32 Å². The Labute approximate surface area is 128 Å². The van der Waals surface area contributed by atoms with Crippen molar-refractivity contribution in [3.63, 3.8) is 0 Å². The second-order valence-electron chi connectivity index (χ2n) is 4.91. The SMILES string of the molecule is O=C(NCCCn1cccn1)c1occc1-c1ccccc1. The minimum absolute atomic E-state index is 0.190. The molecule has 0 aliphatic carbocycles. The van der Waals surface area contributed by atoms with Gasteiger partial charge in [0.05, 0.1) is 6.26 Å². The maximum absolute atomic E-state index is 12.2. The van der Waals surface area contributed by atoms with Gasteiger partial charge in [-0.2, -0.15) is 5.10 Å². The maximum Gasteiger partial charge on any atom is 0.287 e. The van der Waals surface area contributed by atoms with Crippen LogP contribution in [-0.4, -0.2) is 22.2 Å². The van der Waals surface area contributed by atoms with Crippen LogP contribution in [-0.2, 0) is 6.54 Å². The topological polar surface area (TPSA) is 60.1 Å². The lowest BCUT2D eigenvalue weighted by molar-refractivity contribution is 0.0926. The highest BCUT2D eigenvalue weighted by atomic mass is 16.3. The molecule has 0 atom stereocenters. The summed E-state index contributed by atoms with van der Waals surface area (Å²) in [7, 11) is 0. The maximum atomic E-state index is 12.2. The van der Waals surface area contributed by atoms with Crippen molar-refractivity contribution >= 4 is 5.91 Å². The van der Waals surface area contributed by atoms with Crippen molar-refractivity contribution in [1.29, 1.82) is 0 Å². The summed E-state index contributed by atoms with van der Waals surface area (Å²) in [6, 6.07) is 13.4. The average molecular weight is 295 g/mol. The average Bonchev–Trinajstić information content (AvgIpc) is 3.23. The van der Waals surface area contributed by atoms with Gasteiger partial charge in [-0.15, -0.1) is 0 Å². The van der Waals surface area contributed by atoms with Gasteiger partial charge in [0.2, 0.25) is 0 Å². The van der Waals surface area contributed by atoms with Gasteiger partial charge in [0.1, 0.15) is 0 Å². The molecule has 1 amide bonds. The second-order valence-corrected chi connectivity index (χ2v) is 4.91. The highest BCUT2D eigenvalue weighted by Crippen LogP contribution is 2.24. The third-order valence-corrected chi connectivity index (χ3v) is 3.36. The summed E-state index contributed by atoms with van der Waals surface area (Å²) >= 11 is 0. The van der Waals surface area contributed by atoms with Crippen molar-refractivity contribution in [3.05, 3.63) is 66.9 Å². The highest BCUT2D eigenvalue weighted by molar-refractivity contribution is 5.98. The van der Waals surface area contributed by atoms with E-state index in [-0.39, 0.29) is 5.91 Å². The fourth-order valence-corrected chi connectivity index (χ4v) is 2.29. The zero-order chi connectivity index (χ0) is 15.2. The molecular formula is C17H17N3O2. The van der Waals surface area contributed by atoms with Crippen LogP contribution in [0.25, 0.3) is 11.1 Å². The Balaban J connectivity index is 1.58. The molecule has 0 aliphatic rings. The second kappa shape index (κ2) is 6.76. The third kappa shape index (κ3) is 3.25. The van der Waals surface area contributed by atoms with E-state index >= 15 is 0 Å². The van der Waals surface area contributed by atoms with E-state index in [0.717, 1.165) is 24.1 Å². The van der Waals surface area contributed by atoms with Gasteiger partial charge < -0.3 is 9.73 Å². The Kier molecular flexibility index (Phi) is 4.34. The molecule has 3 aromatic rings. The third-order valence-electron chi connectivity index (χ3n) is 3.36. The molecule has 0 aliphatic heterocycles. The number of furan rings is 1. The Morgan fingerprint density at radius 1 is 1.18 bits per heavy atom. The van der Waals surface area contributed by atoms with Gasteiger partial charge in [-0.1, -0.05) is 30.3 Å². The number of aromatic nitrogens is 2. The monoisotopic (exact) mass is 295 g/mol. The molecule has 1 N–H and O–H groups in total. The van der Waals surface area contributed by atoms with Gasteiger partial charge in [0, 0.05) is 31.0 Å². The van der Waals surface area contributed by atoms with E-state index in [4.69, 9.17) is 4.42 Å². The first kappa shape index (κ1) is 14.1. The Morgan fingerprint density at radius 3 is 2.82 bits per heavy atom. The number of nitrogens with one attached hydrogen (secondary N) is 1. The molecule has 5 heteroatoms. The van der Waals surface area contributed by atoms with Gasteiger partial charge in [-0.3, -0.25) is 9.48 Å². The van der Waals surface area contributed by atoms with Gasteiger partial charge in [0.15, 0.2) is 5.76 Å². The number of nitrogens with zero attached hydrogens (tertiary/aromatic N) is 2. The van der Waals surface area contributed by atoms with E-state index in [1.54, 1.807) is 12.5 Å². The summed E-state index contributed by atoms with van der Waals surface area (Å²) in [4.78, 5) is 12.2. The van der Waals surface area contributed by atoms with E-state index in [0.29, 0.717) is 12.3 Å². The molecule has 0 radical (unpaired) electrons. The Bertz CT molecular complexity index is 717. The van der Waals surface area contributed by atoms with Crippen LogP contribution in [0.3, 0.4) is 0 Å². The smallest absolute Gasteiger partial charge is 0.287 e.